The summed E-state index contributed by atoms with van der Waals surface area (Å²) in [7, 11) is -2.62. The Balaban J connectivity index is 2.45. The zero-order valence-electron chi connectivity index (χ0n) is 11.1. The van der Waals surface area contributed by atoms with Gasteiger partial charge < -0.3 is 0 Å². The van der Waals surface area contributed by atoms with Gasteiger partial charge in [0.2, 0.25) is 0 Å². The molecular weight excluding hydrogens is 307 g/mol. The van der Waals surface area contributed by atoms with Gasteiger partial charge in [-0.2, -0.15) is 18.3 Å². The van der Waals surface area contributed by atoms with E-state index in [1.165, 1.54) is 37.0 Å². The summed E-state index contributed by atoms with van der Waals surface area (Å²) in [6.07, 6.45) is -3.42. The Labute approximate surface area is 119 Å². The third kappa shape index (κ3) is 3.18. The van der Waals surface area contributed by atoms with Gasteiger partial charge in [-0.25, -0.2) is 8.42 Å². The first-order chi connectivity index (χ1) is 9.61. The lowest BCUT2D eigenvalue weighted by molar-refractivity contribution is -0.136. The van der Waals surface area contributed by atoms with Crippen molar-refractivity contribution in [2.24, 2.45) is 7.05 Å². The van der Waals surface area contributed by atoms with E-state index in [0.717, 1.165) is 12.1 Å². The monoisotopic (exact) mass is 319 g/mol. The molecule has 9 heteroatoms. The number of aryl methyl sites for hydroxylation is 2. The third-order valence-corrected chi connectivity index (χ3v) is 4.20. The van der Waals surface area contributed by atoms with Crippen LogP contribution in [0.5, 0.6) is 0 Å². The first-order valence-electron chi connectivity index (χ1n) is 5.80. The van der Waals surface area contributed by atoms with Gasteiger partial charge in [-0.05, 0) is 19.1 Å². The van der Waals surface area contributed by atoms with Crippen molar-refractivity contribution in [1.29, 1.82) is 0 Å². The molecule has 0 fully saturated rings. The fraction of sp³-hybridized carbons (Fsp3) is 0.250. The first kappa shape index (κ1) is 15.4. The number of aromatic nitrogens is 2. The van der Waals surface area contributed by atoms with Crippen LogP contribution in [0, 0.1) is 6.92 Å². The van der Waals surface area contributed by atoms with Crippen LogP contribution in [0.3, 0.4) is 0 Å². The molecule has 0 atom stereocenters. The third-order valence-electron chi connectivity index (χ3n) is 2.73. The van der Waals surface area contributed by atoms with Crippen molar-refractivity contribution in [2.75, 3.05) is 4.72 Å². The van der Waals surface area contributed by atoms with Crippen molar-refractivity contribution in [3.8, 4) is 0 Å². The highest BCUT2D eigenvalue weighted by molar-refractivity contribution is 7.92. The molecule has 0 bridgehead atoms. The summed E-state index contributed by atoms with van der Waals surface area (Å²) >= 11 is 0. The van der Waals surface area contributed by atoms with Crippen molar-refractivity contribution < 1.29 is 21.6 Å². The molecule has 21 heavy (non-hydrogen) atoms. The molecule has 114 valence electrons. The van der Waals surface area contributed by atoms with Gasteiger partial charge in [-0.3, -0.25) is 9.40 Å². The molecule has 2 aromatic rings. The molecule has 0 spiro atoms. The van der Waals surface area contributed by atoms with Crippen molar-refractivity contribution in [2.45, 2.75) is 18.0 Å². The normalized spacial score (nSPS) is 12.4. The summed E-state index contributed by atoms with van der Waals surface area (Å²) in [5.41, 5.74) is -1.36. The molecule has 2 rings (SSSR count). The maximum Gasteiger partial charge on any atom is 0.418 e. The van der Waals surface area contributed by atoms with Gasteiger partial charge in [0.05, 0.1) is 16.9 Å². The van der Waals surface area contributed by atoms with Gasteiger partial charge in [0.1, 0.15) is 4.90 Å². The summed E-state index contributed by atoms with van der Waals surface area (Å²) in [5.74, 6) is 0. The molecule has 0 saturated heterocycles. The molecule has 0 aliphatic carbocycles. The Morgan fingerprint density at radius 1 is 1.24 bits per heavy atom. The van der Waals surface area contributed by atoms with Crippen LogP contribution in [0.1, 0.15) is 11.3 Å². The molecule has 1 heterocycles. The lowest BCUT2D eigenvalue weighted by Crippen LogP contribution is -2.17. The fourth-order valence-electron chi connectivity index (χ4n) is 1.86. The smallest absolute Gasteiger partial charge is 0.279 e. The predicted octanol–water partition coefficient (Wildman–Crippen LogP) is 2.55. The molecule has 0 unspecified atom stereocenters. The maximum atomic E-state index is 12.9. The molecule has 0 aliphatic heterocycles. The van der Waals surface area contributed by atoms with E-state index >= 15 is 0 Å². The second-order valence-corrected chi connectivity index (χ2v) is 6.05. The van der Waals surface area contributed by atoms with Crippen molar-refractivity contribution in [3.63, 3.8) is 0 Å². The highest BCUT2D eigenvalue weighted by Crippen LogP contribution is 2.35. The van der Waals surface area contributed by atoms with Crippen LogP contribution in [0.25, 0.3) is 0 Å². The summed E-state index contributed by atoms with van der Waals surface area (Å²) in [6, 6.07) is 4.39. The van der Waals surface area contributed by atoms with Crippen LogP contribution in [0.2, 0.25) is 0 Å². The summed E-state index contributed by atoms with van der Waals surface area (Å²) in [4.78, 5) is -0.165. The molecule has 1 aromatic carbocycles. The second-order valence-electron chi connectivity index (χ2n) is 4.40. The summed E-state index contributed by atoms with van der Waals surface area (Å²) in [6.45, 7) is 1.46. The minimum atomic E-state index is -4.65. The SMILES string of the molecule is Cc1nn(C)cc1S(=O)(=O)Nc1ccccc1C(F)(F)F. The van der Waals surface area contributed by atoms with E-state index in [1.807, 2.05) is 4.72 Å². The van der Waals surface area contributed by atoms with Crippen LogP contribution in [0.15, 0.2) is 35.4 Å². The van der Waals surface area contributed by atoms with Crippen LogP contribution in [0.4, 0.5) is 18.9 Å². The number of hydrogen-bond donors (Lipinski definition) is 1. The number of hydrogen-bond acceptors (Lipinski definition) is 3. The zero-order chi connectivity index (χ0) is 15.8. The minimum absolute atomic E-state index is 0.165. The average Bonchev–Trinajstić information content (AvgIpc) is 2.68. The van der Waals surface area contributed by atoms with Crippen molar-refractivity contribution in [3.05, 3.63) is 41.7 Å². The molecule has 5 nitrogen and oxygen atoms in total. The molecule has 0 amide bonds. The Morgan fingerprint density at radius 3 is 2.38 bits per heavy atom. The average molecular weight is 319 g/mol. The number of nitrogens with zero attached hydrogens (tertiary/aromatic N) is 2. The highest BCUT2D eigenvalue weighted by atomic mass is 32.2. The van der Waals surface area contributed by atoms with E-state index in [4.69, 9.17) is 0 Å². The van der Waals surface area contributed by atoms with E-state index in [1.54, 1.807) is 0 Å². The van der Waals surface area contributed by atoms with E-state index in [0.29, 0.717) is 0 Å². The van der Waals surface area contributed by atoms with E-state index < -0.39 is 27.5 Å². The summed E-state index contributed by atoms with van der Waals surface area (Å²) in [5, 5.41) is 3.87. The van der Waals surface area contributed by atoms with Gasteiger partial charge >= 0.3 is 6.18 Å². The van der Waals surface area contributed by atoms with Crippen LogP contribution in [-0.4, -0.2) is 18.2 Å². The second kappa shape index (κ2) is 5.06. The first-order valence-corrected chi connectivity index (χ1v) is 7.29. The maximum absolute atomic E-state index is 12.9. The number of alkyl halides is 3. The number of rotatable bonds is 3. The van der Waals surface area contributed by atoms with Crippen molar-refractivity contribution in [1.82, 2.24) is 9.78 Å². The number of nitrogens with one attached hydrogen (secondary N) is 1. The topological polar surface area (TPSA) is 64.0 Å². The number of sulfonamides is 1. The molecule has 1 N–H and O–H groups in total. The van der Waals surface area contributed by atoms with Gasteiger partial charge in [-0.15, -0.1) is 0 Å². The fourth-order valence-corrected chi connectivity index (χ4v) is 3.16. The van der Waals surface area contributed by atoms with Gasteiger partial charge in [0.25, 0.3) is 10.0 Å². The highest BCUT2D eigenvalue weighted by Gasteiger charge is 2.34. The molecule has 0 aliphatic rings. The molecule has 0 radical (unpaired) electrons. The van der Waals surface area contributed by atoms with Crippen molar-refractivity contribution >= 4 is 15.7 Å². The van der Waals surface area contributed by atoms with Gasteiger partial charge in [0.15, 0.2) is 0 Å². The number of benzene rings is 1. The zero-order valence-corrected chi connectivity index (χ0v) is 12.0. The van der Waals surface area contributed by atoms with Crippen LogP contribution in [-0.2, 0) is 23.2 Å². The van der Waals surface area contributed by atoms with E-state index in [-0.39, 0.29) is 10.6 Å². The molecule has 0 saturated carbocycles. The Morgan fingerprint density at radius 2 is 1.86 bits per heavy atom. The number of halogens is 3. The lowest BCUT2D eigenvalue weighted by Gasteiger charge is -2.14. The van der Waals surface area contributed by atoms with Gasteiger partial charge in [0, 0.05) is 13.2 Å². The van der Waals surface area contributed by atoms with Gasteiger partial charge in [-0.1, -0.05) is 12.1 Å². The Bertz CT molecular complexity index is 766. The quantitative estimate of drug-likeness (QED) is 0.945. The van der Waals surface area contributed by atoms with Crippen LogP contribution >= 0.6 is 0 Å². The largest absolute Gasteiger partial charge is 0.418 e. The Kier molecular flexibility index (Phi) is 3.70. The van der Waals surface area contributed by atoms with E-state index in [2.05, 4.69) is 5.10 Å². The molecular formula is C12H12F3N3O2S. The standard InChI is InChI=1S/C12H12F3N3O2S/c1-8-11(7-18(2)16-8)21(19,20)17-10-6-4-3-5-9(10)12(13,14)15/h3-7,17H,1-2H3. The molecule has 1 aromatic heterocycles. The van der Waals surface area contributed by atoms with E-state index in [9.17, 15) is 21.6 Å². The number of para-hydroxylation sites is 1. The minimum Gasteiger partial charge on any atom is -0.279 e. The van der Waals surface area contributed by atoms with Crippen LogP contribution < -0.4 is 4.72 Å². The summed E-state index contributed by atoms with van der Waals surface area (Å²) < 4.78 is 66.2. The Hall–Kier alpha value is -2.03. The number of anilines is 1. The predicted molar refractivity (Wildman–Crippen MR) is 70.2 cm³/mol. The lowest BCUT2D eigenvalue weighted by atomic mass is 10.2.